The number of esters is 1. The second-order valence-corrected chi connectivity index (χ2v) is 16.9. The summed E-state index contributed by atoms with van der Waals surface area (Å²) in [5.74, 6) is -7.28. The quantitative estimate of drug-likeness (QED) is 0.0703. The summed E-state index contributed by atoms with van der Waals surface area (Å²) >= 11 is 6.92. The van der Waals surface area contributed by atoms with E-state index in [0.717, 1.165) is 43.8 Å². The molecule has 348 valence electrons. The summed E-state index contributed by atoms with van der Waals surface area (Å²) in [6.07, 6.45) is 0. The lowest BCUT2D eigenvalue weighted by Gasteiger charge is -2.17. The Morgan fingerprint density at radius 1 is 0.529 bits per heavy atom. The van der Waals surface area contributed by atoms with Crippen LogP contribution in [0.1, 0.15) is 50.2 Å². The largest absolute Gasteiger partial charge is 0.488 e. The third-order valence-electron chi connectivity index (χ3n) is 10.5. The molecule has 2 aromatic heterocycles. The Balaban J connectivity index is 0.000000202. The number of carboxylic acid groups (broad SMARTS) is 1. The molecule has 0 unspecified atom stereocenters. The molecular weight excluding hydrogens is 1020 g/mol. The molecule has 0 bridgehead atoms. The van der Waals surface area contributed by atoms with Gasteiger partial charge in [0.1, 0.15) is 36.3 Å². The predicted octanol–water partition coefficient (Wildman–Crippen LogP) is 14.3. The van der Waals surface area contributed by atoms with Crippen LogP contribution in [0, 0.1) is 48.8 Å². The van der Waals surface area contributed by atoms with E-state index in [2.05, 4.69) is 31.9 Å². The van der Waals surface area contributed by atoms with Gasteiger partial charge in [-0.05, 0) is 130 Å². The van der Waals surface area contributed by atoms with Crippen LogP contribution in [0.4, 0.5) is 26.3 Å². The molecule has 0 amide bonds. The lowest BCUT2D eigenvalue weighted by Crippen LogP contribution is -2.07. The fourth-order valence-electron chi connectivity index (χ4n) is 7.26. The van der Waals surface area contributed by atoms with Crippen molar-refractivity contribution in [3.05, 3.63) is 211 Å². The summed E-state index contributed by atoms with van der Waals surface area (Å²) in [5.41, 5.74) is 6.25. The normalized spacial score (nSPS) is 10.9. The Labute approximate surface area is 403 Å². The van der Waals surface area contributed by atoms with Gasteiger partial charge >= 0.3 is 11.9 Å². The third-order valence-corrected chi connectivity index (χ3v) is 11.5. The molecule has 0 spiro atoms. The topological polar surface area (TPSA) is 91.9 Å². The molecular formula is C52H38Br2F6N2O6. The number of carbonyl (C=O) groups is 2. The number of hydrogen-bond acceptors (Lipinski definition) is 5. The predicted molar refractivity (Wildman–Crippen MR) is 251 cm³/mol. The second kappa shape index (κ2) is 21.3. The smallest absolute Gasteiger partial charge is 0.338 e. The van der Waals surface area contributed by atoms with E-state index in [9.17, 15) is 41.0 Å². The highest BCUT2D eigenvalue weighted by Gasteiger charge is 2.20. The van der Waals surface area contributed by atoms with Crippen molar-refractivity contribution in [1.29, 1.82) is 0 Å². The average Bonchev–Trinajstić information content (AvgIpc) is 3.90. The van der Waals surface area contributed by atoms with Gasteiger partial charge in [0, 0.05) is 66.1 Å². The summed E-state index contributed by atoms with van der Waals surface area (Å²) in [5, 5.41) is 9.36. The lowest BCUT2D eigenvalue weighted by atomic mass is 10.1. The number of rotatable bonds is 13. The van der Waals surface area contributed by atoms with Crippen molar-refractivity contribution in [2.75, 3.05) is 6.61 Å². The molecule has 0 saturated heterocycles. The molecule has 8 rings (SSSR count). The van der Waals surface area contributed by atoms with E-state index in [0.29, 0.717) is 51.7 Å². The first-order valence-corrected chi connectivity index (χ1v) is 22.2. The Morgan fingerprint density at radius 2 is 0.956 bits per heavy atom. The van der Waals surface area contributed by atoms with Crippen molar-refractivity contribution < 1.29 is 55.2 Å². The maximum Gasteiger partial charge on any atom is 0.338 e. The number of aromatic carboxylic acids is 1. The number of nitrogens with zero attached hydrogens (tertiary/aromatic N) is 2. The first kappa shape index (κ1) is 48.9. The number of aryl methyl sites for hydroxylation is 2. The van der Waals surface area contributed by atoms with Gasteiger partial charge < -0.3 is 28.5 Å². The molecule has 68 heavy (non-hydrogen) atoms. The zero-order valence-corrected chi connectivity index (χ0v) is 39.4. The molecule has 8 aromatic rings. The molecule has 0 aliphatic rings. The van der Waals surface area contributed by atoms with E-state index in [1.165, 1.54) is 6.07 Å². The number of carbonyl (C=O) groups excluding carboxylic acids is 1. The van der Waals surface area contributed by atoms with Gasteiger partial charge in [0.2, 0.25) is 0 Å². The van der Waals surface area contributed by atoms with Crippen LogP contribution in [-0.2, 0) is 18.0 Å². The van der Waals surface area contributed by atoms with Crippen molar-refractivity contribution in [1.82, 2.24) is 9.13 Å². The van der Waals surface area contributed by atoms with E-state index in [1.54, 1.807) is 67.6 Å². The van der Waals surface area contributed by atoms with Crippen LogP contribution in [-0.4, -0.2) is 32.8 Å². The summed E-state index contributed by atoms with van der Waals surface area (Å²) in [4.78, 5) is 23.7. The Hall–Kier alpha value is -7.04. The first-order valence-electron chi connectivity index (χ1n) is 20.6. The van der Waals surface area contributed by atoms with E-state index < -0.39 is 46.8 Å². The molecule has 1 N–H and O–H groups in total. The van der Waals surface area contributed by atoms with Crippen LogP contribution < -0.4 is 9.47 Å². The van der Waals surface area contributed by atoms with Crippen molar-refractivity contribution in [2.45, 2.75) is 34.0 Å². The van der Waals surface area contributed by atoms with Crippen LogP contribution in [0.2, 0.25) is 0 Å². The second-order valence-electron chi connectivity index (χ2n) is 15.1. The highest BCUT2D eigenvalue weighted by Crippen LogP contribution is 2.38. The molecule has 16 heteroatoms. The maximum atomic E-state index is 14.1. The van der Waals surface area contributed by atoms with Crippen LogP contribution in [0.3, 0.4) is 0 Å². The number of benzene rings is 6. The van der Waals surface area contributed by atoms with Crippen molar-refractivity contribution in [3.63, 3.8) is 0 Å². The molecule has 6 aromatic carbocycles. The van der Waals surface area contributed by atoms with Gasteiger partial charge in [0.25, 0.3) is 0 Å². The van der Waals surface area contributed by atoms with Gasteiger partial charge in [-0.15, -0.1) is 0 Å². The van der Waals surface area contributed by atoms with Gasteiger partial charge in [0.15, 0.2) is 23.3 Å². The number of aromatic nitrogens is 2. The van der Waals surface area contributed by atoms with E-state index in [-0.39, 0.29) is 36.5 Å². The third kappa shape index (κ3) is 11.0. The van der Waals surface area contributed by atoms with Crippen molar-refractivity contribution in [3.8, 4) is 45.4 Å². The van der Waals surface area contributed by atoms with Gasteiger partial charge in [-0.1, -0.05) is 44.0 Å². The summed E-state index contributed by atoms with van der Waals surface area (Å²) in [6.45, 7) is 5.22. The van der Waals surface area contributed by atoms with E-state index in [1.807, 2.05) is 65.4 Å². The summed E-state index contributed by atoms with van der Waals surface area (Å²) < 4.78 is 104. The van der Waals surface area contributed by atoms with Gasteiger partial charge in [0.05, 0.1) is 29.1 Å². The Kier molecular flexibility index (Phi) is 15.3. The van der Waals surface area contributed by atoms with Crippen molar-refractivity contribution >= 4 is 43.8 Å². The fourth-order valence-corrected chi connectivity index (χ4v) is 7.99. The Morgan fingerprint density at radius 3 is 1.40 bits per heavy atom. The fraction of sp³-hybridized carbons (Fsp3) is 0.115. The number of halogens is 8. The SMILES string of the molecule is CCOC(=O)c1cccc(-n2c(C)ccc2-c2cc(Br)ccc2OCc2cc(F)c(F)cc2F)c1.Cc1ccc(-c2cc(Br)ccc2OCc2cc(F)c(F)cc2F)n1-c1cccc(C(=O)O)c1. The molecule has 0 saturated carbocycles. The highest BCUT2D eigenvalue weighted by molar-refractivity contribution is 9.10. The highest BCUT2D eigenvalue weighted by atomic mass is 79.9. The molecule has 2 heterocycles. The first-order chi connectivity index (χ1) is 32.5. The molecule has 0 fully saturated rings. The number of hydrogen-bond donors (Lipinski definition) is 1. The minimum Gasteiger partial charge on any atom is -0.488 e. The van der Waals surface area contributed by atoms with Crippen LogP contribution in [0.5, 0.6) is 11.5 Å². The van der Waals surface area contributed by atoms with Gasteiger partial charge in [-0.3, -0.25) is 0 Å². The minimum absolute atomic E-state index is 0.105. The maximum absolute atomic E-state index is 14.1. The van der Waals surface area contributed by atoms with Crippen LogP contribution in [0.15, 0.2) is 142 Å². The summed E-state index contributed by atoms with van der Waals surface area (Å²) in [6, 6.07) is 34.2. The molecule has 0 aliphatic heterocycles. The zero-order valence-electron chi connectivity index (χ0n) is 36.2. The number of carboxylic acids is 1. The Bertz CT molecular complexity index is 3190. The molecule has 0 radical (unpaired) electrons. The molecule has 8 nitrogen and oxygen atoms in total. The zero-order chi connectivity index (χ0) is 48.8. The standard InChI is InChI=1S/C27H21BrF3NO3.C25H17BrF3NO3/c1-3-34-27(33)17-5-4-6-20(11-17)32-16(2)7-9-25(32)21-13-19(28)8-10-26(21)35-15-18-12-23(30)24(31)14-22(18)29;1-14-5-7-23(30(14)18-4-2-3-15(9-18)25(31)32)19-11-17(26)6-8-24(19)33-13-16-10-21(28)22(29)12-20(16)27/h4-14H,3,15H2,1-2H3;2-12H,13H2,1H3,(H,31,32). The van der Waals surface area contributed by atoms with Crippen LogP contribution in [0.25, 0.3) is 33.9 Å². The monoisotopic (exact) mass is 1060 g/mol. The molecule has 0 aliphatic carbocycles. The van der Waals surface area contributed by atoms with Crippen molar-refractivity contribution in [2.24, 2.45) is 0 Å². The van der Waals surface area contributed by atoms with Crippen LogP contribution >= 0.6 is 31.9 Å². The average molecular weight is 1060 g/mol. The van der Waals surface area contributed by atoms with E-state index >= 15 is 0 Å². The van der Waals surface area contributed by atoms with Gasteiger partial charge in [-0.25, -0.2) is 35.9 Å². The summed E-state index contributed by atoms with van der Waals surface area (Å²) in [7, 11) is 0. The lowest BCUT2D eigenvalue weighted by molar-refractivity contribution is 0.0525. The minimum atomic E-state index is -1.27. The van der Waals surface area contributed by atoms with E-state index in [4.69, 9.17) is 14.2 Å². The molecule has 0 atom stereocenters. The number of ether oxygens (including phenoxy) is 3. The van der Waals surface area contributed by atoms with Gasteiger partial charge in [-0.2, -0.15) is 0 Å².